The molecular formula is C15H25NO4. The molecule has 5 heteroatoms. The van der Waals surface area contributed by atoms with Gasteiger partial charge in [0.1, 0.15) is 6.61 Å². The summed E-state index contributed by atoms with van der Waals surface area (Å²) in [5.41, 5.74) is 0. The van der Waals surface area contributed by atoms with E-state index in [9.17, 15) is 0 Å². The van der Waals surface area contributed by atoms with Crippen LogP contribution >= 0.6 is 0 Å². The van der Waals surface area contributed by atoms with E-state index >= 15 is 0 Å². The largest absolute Gasteiger partial charge is 0.490 e. The number of methoxy groups -OCH3 is 1. The van der Waals surface area contributed by atoms with E-state index in [4.69, 9.17) is 19.3 Å². The van der Waals surface area contributed by atoms with Crippen LogP contribution in [0.3, 0.4) is 0 Å². The standard InChI is InChI=1S/C15H25NO4/c1-3-19-14-6-4-5-7-15(14)20-13-10-16(8-11-17)9-12-18-2/h4-7,17H,3,8-13H2,1-2H3. The van der Waals surface area contributed by atoms with Crippen LogP contribution in [-0.2, 0) is 4.74 Å². The highest BCUT2D eigenvalue weighted by atomic mass is 16.5. The smallest absolute Gasteiger partial charge is 0.161 e. The van der Waals surface area contributed by atoms with Crippen molar-refractivity contribution in [2.24, 2.45) is 0 Å². The molecule has 1 aromatic carbocycles. The van der Waals surface area contributed by atoms with Crippen molar-refractivity contribution in [1.82, 2.24) is 4.90 Å². The van der Waals surface area contributed by atoms with E-state index in [1.54, 1.807) is 7.11 Å². The Bertz CT molecular complexity index is 359. The number of hydrogen-bond donors (Lipinski definition) is 1. The van der Waals surface area contributed by atoms with Crippen molar-refractivity contribution in [1.29, 1.82) is 0 Å². The minimum Gasteiger partial charge on any atom is -0.490 e. The van der Waals surface area contributed by atoms with Crippen molar-refractivity contribution in [2.45, 2.75) is 6.92 Å². The van der Waals surface area contributed by atoms with E-state index in [1.165, 1.54) is 0 Å². The molecule has 0 spiro atoms. The van der Waals surface area contributed by atoms with Crippen LogP contribution in [0.4, 0.5) is 0 Å². The average molecular weight is 283 g/mol. The number of ether oxygens (including phenoxy) is 3. The summed E-state index contributed by atoms with van der Waals surface area (Å²) in [5, 5.41) is 9.02. The van der Waals surface area contributed by atoms with Crippen molar-refractivity contribution in [3.05, 3.63) is 24.3 Å². The number of benzene rings is 1. The zero-order chi connectivity index (χ0) is 14.6. The minimum atomic E-state index is 0.138. The maximum atomic E-state index is 9.02. The van der Waals surface area contributed by atoms with Crippen molar-refractivity contribution in [2.75, 3.05) is 53.2 Å². The maximum absolute atomic E-state index is 9.02. The number of nitrogens with zero attached hydrogens (tertiary/aromatic N) is 1. The molecule has 1 rings (SSSR count). The highest BCUT2D eigenvalue weighted by Crippen LogP contribution is 2.26. The lowest BCUT2D eigenvalue weighted by Crippen LogP contribution is -2.33. The second-order valence-electron chi connectivity index (χ2n) is 4.29. The molecule has 0 radical (unpaired) electrons. The van der Waals surface area contributed by atoms with Gasteiger partial charge in [0.15, 0.2) is 11.5 Å². The highest BCUT2D eigenvalue weighted by molar-refractivity contribution is 5.39. The van der Waals surface area contributed by atoms with Crippen molar-refractivity contribution >= 4 is 0 Å². The summed E-state index contributed by atoms with van der Waals surface area (Å²) >= 11 is 0. The molecule has 0 amide bonds. The van der Waals surface area contributed by atoms with Gasteiger partial charge in [-0.05, 0) is 19.1 Å². The average Bonchev–Trinajstić information content (AvgIpc) is 2.47. The van der Waals surface area contributed by atoms with E-state index in [0.717, 1.165) is 24.6 Å². The Kier molecular flexibility index (Phi) is 8.78. The first-order chi connectivity index (χ1) is 9.81. The third kappa shape index (κ3) is 6.23. The quantitative estimate of drug-likeness (QED) is 0.665. The molecule has 1 N–H and O–H groups in total. The monoisotopic (exact) mass is 283 g/mol. The number of aliphatic hydroxyl groups excluding tert-OH is 1. The van der Waals surface area contributed by atoms with Gasteiger partial charge in [0.2, 0.25) is 0 Å². The molecule has 5 nitrogen and oxygen atoms in total. The fraction of sp³-hybridized carbons (Fsp3) is 0.600. The van der Waals surface area contributed by atoms with Crippen LogP contribution in [-0.4, -0.2) is 63.2 Å². The zero-order valence-corrected chi connectivity index (χ0v) is 12.4. The van der Waals surface area contributed by atoms with Gasteiger partial charge in [-0.2, -0.15) is 0 Å². The van der Waals surface area contributed by atoms with E-state index in [2.05, 4.69) is 4.90 Å². The van der Waals surface area contributed by atoms with Crippen molar-refractivity contribution in [3.63, 3.8) is 0 Å². The molecule has 0 fully saturated rings. The second-order valence-corrected chi connectivity index (χ2v) is 4.29. The van der Waals surface area contributed by atoms with Crippen LogP contribution in [0.5, 0.6) is 11.5 Å². The third-order valence-corrected chi connectivity index (χ3v) is 2.84. The Morgan fingerprint density at radius 1 is 1.00 bits per heavy atom. The molecule has 114 valence electrons. The molecule has 0 aliphatic heterocycles. The lowest BCUT2D eigenvalue weighted by Gasteiger charge is -2.21. The van der Waals surface area contributed by atoms with Crippen LogP contribution in [0.15, 0.2) is 24.3 Å². The molecule has 0 heterocycles. The van der Waals surface area contributed by atoms with Gasteiger partial charge >= 0.3 is 0 Å². The maximum Gasteiger partial charge on any atom is 0.161 e. The number of para-hydroxylation sites is 2. The summed E-state index contributed by atoms with van der Waals surface area (Å²) in [5.74, 6) is 1.52. The Balaban J connectivity index is 2.41. The summed E-state index contributed by atoms with van der Waals surface area (Å²) in [6.07, 6.45) is 0. The molecular weight excluding hydrogens is 258 g/mol. The zero-order valence-electron chi connectivity index (χ0n) is 12.4. The summed E-state index contributed by atoms with van der Waals surface area (Å²) < 4.78 is 16.3. The predicted octanol–water partition coefficient (Wildman–Crippen LogP) is 1.40. The van der Waals surface area contributed by atoms with Crippen LogP contribution in [0.25, 0.3) is 0 Å². The van der Waals surface area contributed by atoms with Gasteiger partial charge in [0, 0.05) is 26.7 Å². The van der Waals surface area contributed by atoms with Gasteiger partial charge in [0.25, 0.3) is 0 Å². The molecule has 0 aliphatic carbocycles. The Labute approximate surface area is 121 Å². The summed E-state index contributed by atoms with van der Waals surface area (Å²) in [6, 6.07) is 7.65. The lowest BCUT2D eigenvalue weighted by atomic mass is 10.3. The topological polar surface area (TPSA) is 51.2 Å². The molecule has 0 atom stereocenters. The first-order valence-electron chi connectivity index (χ1n) is 6.98. The van der Waals surface area contributed by atoms with E-state index in [0.29, 0.717) is 26.4 Å². The molecule has 0 aromatic heterocycles. The molecule has 0 bridgehead atoms. The Morgan fingerprint density at radius 3 is 2.25 bits per heavy atom. The van der Waals surface area contributed by atoms with Crippen LogP contribution in [0, 0.1) is 0 Å². The van der Waals surface area contributed by atoms with Gasteiger partial charge in [-0.1, -0.05) is 12.1 Å². The molecule has 0 aliphatic rings. The molecule has 0 saturated carbocycles. The molecule has 20 heavy (non-hydrogen) atoms. The van der Waals surface area contributed by atoms with E-state index in [-0.39, 0.29) is 6.61 Å². The van der Waals surface area contributed by atoms with Gasteiger partial charge in [-0.15, -0.1) is 0 Å². The first-order valence-corrected chi connectivity index (χ1v) is 6.98. The number of aliphatic hydroxyl groups is 1. The van der Waals surface area contributed by atoms with Crippen molar-refractivity contribution < 1.29 is 19.3 Å². The van der Waals surface area contributed by atoms with Crippen LogP contribution < -0.4 is 9.47 Å². The first kappa shape index (κ1) is 16.8. The minimum absolute atomic E-state index is 0.138. The fourth-order valence-corrected chi connectivity index (χ4v) is 1.83. The molecule has 1 aromatic rings. The summed E-state index contributed by atoms with van der Waals surface area (Å²) in [4.78, 5) is 2.10. The molecule has 0 saturated heterocycles. The van der Waals surface area contributed by atoms with Gasteiger partial charge < -0.3 is 19.3 Å². The fourth-order valence-electron chi connectivity index (χ4n) is 1.83. The second kappa shape index (κ2) is 10.5. The van der Waals surface area contributed by atoms with Gasteiger partial charge in [0.05, 0.1) is 19.8 Å². The molecule has 0 unspecified atom stereocenters. The Morgan fingerprint density at radius 2 is 1.65 bits per heavy atom. The predicted molar refractivity (Wildman–Crippen MR) is 78.5 cm³/mol. The van der Waals surface area contributed by atoms with E-state index < -0.39 is 0 Å². The number of rotatable bonds is 11. The van der Waals surface area contributed by atoms with Crippen molar-refractivity contribution in [3.8, 4) is 11.5 Å². The summed E-state index contributed by atoms with van der Waals surface area (Å²) in [7, 11) is 1.67. The van der Waals surface area contributed by atoms with Crippen LogP contribution in [0.2, 0.25) is 0 Å². The normalized spacial score (nSPS) is 10.8. The third-order valence-electron chi connectivity index (χ3n) is 2.84. The van der Waals surface area contributed by atoms with Gasteiger partial charge in [-0.3, -0.25) is 4.90 Å². The van der Waals surface area contributed by atoms with Crippen LogP contribution in [0.1, 0.15) is 6.92 Å². The summed E-state index contributed by atoms with van der Waals surface area (Å²) in [6.45, 7) is 6.05. The SMILES string of the molecule is CCOc1ccccc1OCCN(CCO)CCOC. The van der Waals surface area contributed by atoms with E-state index in [1.807, 2.05) is 31.2 Å². The highest BCUT2D eigenvalue weighted by Gasteiger charge is 2.06. The lowest BCUT2D eigenvalue weighted by molar-refractivity contribution is 0.118. The number of hydrogen-bond acceptors (Lipinski definition) is 5. The Hall–Kier alpha value is -1.30. The van der Waals surface area contributed by atoms with Gasteiger partial charge in [-0.25, -0.2) is 0 Å².